The summed E-state index contributed by atoms with van der Waals surface area (Å²) in [4.78, 5) is 11.1. The van der Waals surface area contributed by atoms with E-state index in [1.807, 2.05) is 36.4 Å². The van der Waals surface area contributed by atoms with Gasteiger partial charge in [0.25, 0.3) is 0 Å². The summed E-state index contributed by atoms with van der Waals surface area (Å²) in [6.07, 6.45) is 2.47. The fraction of sp³-hybridized carbons (Fsp3) is 0.286. The number of rotatable bonds is 3. The molecule has 4 heteroatoms. The van der Waals surface area contributed by atoms with Crippen molar-refractivity contribution in [3.63, 3.8) is 0 Å². The fourth-order valence-corrected chi connectivity index (χ4v) is 2.13. The van der Waals surface area contributed by atoms with Crippen LogP contribution in [0.4, 0.5) is 5.82 Å². The molecule has 3 rings (SSSR count). The summed E-state index contributed by atoms with van der Waals surface area (Å²) in [5, 5.41) is 0.492. The van der Waals surface area contributed by atoms with Crippen molar-refractivity contribution in [3.05, 3.63) is 41.6 Å². The van der Waals surface area contributed by atoms with Gasteiger partial charge >= 0.3 is 0 Å². The number of halogens is 1. The van der Waals surface area contributed by atoms with Crippen LogP contribution in [0.25, 0.3) is 11.4 Å². The van der Waals surface area contributed by atoms with Crippen molar-refractivity contribution < 1.29 is 0 Å². The first-order valence-corrected chi connectivity index (χ1v) is 6.44. The first kappa shape index (κ1) is 11.5. The summed E-state index contributed by atoms with van der Waals surface area (Å²) in [6.45, 7) is 0. The minimum atomic E-state index is 0.492. The van der Waals surface area contributed by atoms with Crippen molar-refractivity contribution >= 4 is 17.4 Å². The Kier molecular flexibility index (Phi) is 2.92. The van der Waals surface area contributed by atoms with Gasteiger partial charge in [-0.15, -0.1) is 0 Å². The molecule has 0 amide bonds. The third-order valence-corrected chi connectivity index (χ3v) is 3.36. The van der Waals surface area contributed by atoms with Gasteiger partial charge in [-0.1, -0.05) is 41.9 Å². The van der Waals surface area contributed by atoms with E-state index < -0.39 is 0 Å². The Bertz CT molecular complexity index is 552. The second-order valence-corrected chi connectivity index (χ2v) is 4.97. The average molecular weight is 260 g/mol. The van der Waals surface area contributed by atoms with Crippen molar-refractivity contribution in [1.29, 1.82) is 0 Å². The van der Waals surface area contributed by atoms with Crippen molar-refractivity contribution in [3.8, 4) is 11.4 Å². The number of nitrogens with zero attached hydrogens (tertiary/aromatic N) is 3. The predicted molar refractivity (Wildman–Crippen MR) is 73.9 cm³/mol. The third kappa shape index (κ3) is 2.31. The zero-order chi connectivity index (χ0) is 12.5. The maximum absolute atomic E-state index is 6.09. The SMILES string of the molecule is CN(c1cc(Cl)nc(-c2ccccc2)n1)C1CC1. The molecule has 0 N–H and O–H groups in total. The van der Waals surface area contributed by atoms with Gasteiger partial charge in [0, 0.05) is 24.7 Å². The highest BCUT2D eigenvalue weighted by atomic mass is 35.5. The summed E-state index contributed by atoms with van der Waals surface area (Å²) in [7, 11) is 2.06. The Morgan fingerprint density at radius 1 is 1.17 bits per heavy atom. The Morgan fingerprint density at radius 3 is 2.56 bits per heavy atom. The van der Waals surface area contributed by atoms with Gasteiger partial charge in [-0.3, -0.25) is 0 Å². The molecule has 0 unspecified atom stereocenters. The van der Waals surface area contributed by atoms with Crippen LogP contribution in [0.1, 0.15) is 12.8 Å². The van der Waals surface area contributed by atoms with Gasteiger partial charge in [-0.05, 0) is 12.8 Å². The standard InChI is InChI=1S/C14H14ClN3/c1-18(11-7-8-11)13-9-12(15)16-14(17-13)10-5-3-2-4-6-10/h2-6,9,11H,7-8H2,1H3. The summed E-state index contributed by atoms with van der Waals surface area (Å²) < 4.78 is 0. The van der Waals surface area contributed by atoms with Crippen LogP contribution in [0.5, 0.6) is 0 Å². The van der Waals surface area contributed by atoms with Gasteiger partial charge in [0.2, 0.25) is 0 Å². The molecular weight excluding hydrogens is 246 g/mol. The van der Waals surface area contributed by atoms with Gasteiger partial charge in [-0.2, -0.15) is 0 Å². The van der Waals surface area contributed by atoms with Crippen LogP contribution < -0.4 is 4.90 Å². The molecule has 0 atom stereocenters. The lowest BCUT2D eigenvalue weighted by molar-refractivity contribution is 0.887. The van der Waals surface area contributed by atoms with E-state index in [-0.39, 0.29) is 0 Å². The van der Waals surface area contributed by atoms with E-state index in [1.54, 1.807) is 0 Å². The van der Waals surface area contributed by atoms with Crippen molar-refractivity contribution in [2.45, 2.75) is 18.9 Å². The molecule has 2 aromatic rings. The van der Waals surface area contributed by atoms with Crippen LogP contribution in [-0.4, -0.2) is 23.1 Å². The van der Waals surface area contributed by atoms with Crippen molar-refractivity contribution in [2.75, 3.05) is 11.9 Å². The van der Waals surface area contributed by atoms with Crippen LogP contribution >= 0.6 is 11.6 Å². The molecule has 92 valence electrons. The van der Waals surface area contributed by atoms with E-state index in [0.29, 0.717) is 17.0 Å². The van der Waals surface area contributed by atoms with Crippen LogP contribution in [0.15, 0.2) is 36.4 Å². The predicted octanol–water partition coefficient (Wildman–Crippen LogP) is 3.40. The molecule has 1 aliphatic carbocycles. The highest BCUT2D eigenvalue weighted by molar-refractivity contribution is 6.29. The molecule has 1 saturated carbocycles. The summed E-state index contributed by atoms with van der Waals surface area (Å²) in [5.74, 6) is 1.59. The Labute approximate surface area is 111 Å². The smallest absolute Gasteiger partial charge is 0.163 e. The van der Waals surface area contributed by atoms with E-state index in [9.17, 15) is 0 Å². The van der Waals surface area contributed by atoms with Crippen molar-refractivity contribution in [1.82, 2.24) is 9.97 Å². The molecule has 1 aromatic heterocycles. The molecule has 1 aliphatic rings. The highest BCUT2D eigenvalue weighted by Crippen LogP contribution is 2.31. The van der Waals surface area contributed by atoms with Gasteiger partial charge in [-0.25, -0.2) is 9.97 Å². The molecule has 0 saturated heterocycles. The number of hydrogen-bond acceptors (Lipinski definition) is 3. The minimum absolute atomic E-state index is 0.492. The monoisotopic (exact) mass is 259 g/mol. The highest BCUT2D eigenvalue weighted by Gasteiger charge is 2.27. The van der Waals surface area contributed by atoms with E-state index in [1.165, 1.54) is 12.8 Å². The van der Waals surface area contributed by atoms with Gasteiger partial charge in [0.15, 0.2) is 5.82 Å². The Morgan fingerprint density at radius 2 is 1.89 bits per heavy atom. The van der Waals surface area contributed by atoms with E-state index in [0.717, 1.165) is 11.4 Å². The second-order valence-electron chi connectivity index (χ2n) is 4.58. The third-order valence-electron chi connectivity index (χ3n) is 3.17. The molecule has 0 radical (unpaired) electrons. The van der Waals surface area contributed by atoms with E-state index >= 15 is 0 Å². The number of benzene rings is 1. The van der Waals surface area contributed by atoms with Gasteiger partial charge < -0.3 is 4.90 Å². The topological polar surface area (TPSA) is 29.0 Å². The molecule has 1 heterocycles. The second kappa shape index (κ2) is 4.58. The Balaban J connectivity index is 2.00. The van der Waals surface area contributed by atoms with E-state index in [2.05, 4.69) is 21.9 Å². The van der Waals surface area contributed by atoms with Gasteiger partial charge in [0.05, 0.1) is 0 Å². The maximum Gasteiger partial charge on any atom is 0.163 e. The molecule has 18 heavy (non-hydrogen) atoms. The molecule has 1 fully saturated rings. The normalized spacial score (nSPS) is 14.6. The summed E-state index contributed by atoms with van der Waals surface area (Å²) >= 11 is 6.09. The summed E-state index contributed by atoms with van der Waals surface area (Å²) in [5.41, 5.74) is 0.991. The average Bonchev–Trinajstić information content (AvgIpc) is 3.22. The molecule has 1 aromatic carbocycles. The molecule has 0 bridgehead atoms. The first-order valence-electron chi connectivity index (χ1n) is 6.07. The lowest BCUT2D eigenvalue weighted by Gasteiger charge is -2.18. The van der Waals surface area contributed by atoms with Crippen molar-refractivity contribution in [2.24, 2.45) is 0 Å². The molecule has 3 nitrogen and oxygen atoms in total. The minimum Gasteiger partial charge on any atom is -0.357 e. The quantitative estimate of drug-likeness (QED) is 0.791. The lowest BCUT2D eigenvalue weighted by atomic mass is 10.2. The lowest BCUT2D eigenvalue weighted by Crippen LogP contribution is -2.21. The van der Waals surface area contributed by atoms with Crippen LogP contribution in [0, 0.1) is 0 Å². The Hall–Kier alpha value is -1.61. The maximum atomic E-state index is 6.09. The summed E-state index contributed by atoms with van der Waals surface area (Å²) in [6, 6.07) is 12.4. The largest absolute Gasteiger partial charge is 0.357 e. The van der Waals surface area contributed by atoms with Crippen LogP contribution in [-0.2, 0) is 0 Å². The van der Waals surface area contributed by atoms with E-state index in [4.69, 9.17) is 11.6 Å². The zero-order valence-electron chi connectivity index (χ0n) is 10.2. The van der Waals surface area contributed by atoms with Crippen LogP contribution in [0.3, 0.4) is 0 Å². The number of anilines is 1. The zero-order valence-corrected chi connectivity index (χ0v) is 10.9. The van der Waals surface area contributed by atoms with Gasteiger partial charge in [0.1, 0.15) is 11.0 Å². The number of hydrogen-bond donors (Lipinski definition) is 0. The fourth-order valence-electron chi connectivity index (χ4n) is 1.95. The molecule has 0 aliphatic heterocycles. The van der Waals surface area contributed by atoms with Crippen LogP contribution in [0.2, 0.25) is 5.15 Å². The number of aromatic nitrogens is 2. The molecular formula is C14H14ClN3. The first-order chi connectivity index (χ1) is 8.74. The molecule has 0 spiro atoms.